The standard InChI is InChI=1S/C11H10BrFN2O2S2/c1-15(6-9-5-8(12)7-18-9)19(16,17)11-10(13)3-2-4-14-11/h2-5,7H,6H2,1H3. The first-order valence-corrected chi connectivity index (χ1v) is 8.32. The summed E-state index contributed by atoms with van der Waals surface area (Å²) in [4.78, 5) is 4.46. The number of nitrogens with zero attached hydrogens (tertiary/aromatic N) is 2. The highest BCUT2D eigenvalue weighted by molar-refractivity contribution is 9.10. The molecule has 0 atom stereocenters. The largest absolute Gasteiger partial charge is 0.263 e. The van der Waals surface area contributed by atoms with Gasteiger partial charge in [-0.3, -0.25) is 0 Å². The first-order chi connectivity index (χ1) is 8.91. The first kappa shape index (κ1) is 14.6. The Morgan fingerprint density at radius 3 is 2.84 bits per heavy atom. The van der Waals surface area contributed by atoms with Crippen LogP contribution in [0.5, 0.6) is 0 Å². The number of aromatic nitrogens is 1. The zero-order valence-electron chi connectivity index (χ0n) is 9.88. The van der Waals surface area contributed by atoms with Crippen molar-refractivity contribution in [2.75, 3.05) is 7.05 Å². The van der Waals surface area contributed by atoms with Gasteiger partial charge in [-0.15, -0.1) is 11.3 Å². The van der Waals surface area contributed by atoms with Gasteiger partial charge in [0, 0.05) is 34.5 Å². The van der Waals surface area contributed by atoms with Crippen LogP contribution in [-0.2, 0) is 16.6 Å². The second kappa shape index (κ2) is 5.66. The molecule has 0 saturated carbocycles. The van der Waals surface area contributed by atoms with Gasteiger partial charge in [0.1, 0.15) is 0 Å². The minimum Gasteiger partial charge on any atom is -0.241 e. The molecular weight excluding hydrogens is 355 g/mol. The Labute approximate surface area is 123 Å². The Morgan fingerprint density at radius 1 is 1.53 bits per heavy atom. The van der Waals surface area contributed by atoms with Crippen molar-refractivity contribution in [1.29, 1.82) is 0 Å². The van der Waals surface area contributed by atoms with Gasteiger partial charge >= 0.3 is 0 Å². The monoisotopic (exact) mass is 364 g/mol. The number of hydrogen-bond donors (Lipinski definition) is 0. The zero-order chi connectivity index (χ0) is 14.0. The van der Waals surface area contributed by atoms with Gasteiger partial charge in [-0.2, -0.15) is 4.31 Å². The molecule has 0 aliphatic carbocycles. The molecule has 0 aromatic carbocycles. The van der Waals surface area contributed by atoms with E-state index in [1.54, 1.807) is 0 Å². The minimum absolute atomic E-state index is 0.175. The molecule has 2 aromatic heterocycles. The first-order valence-electron chi connectivity index (χ1n) is 5.21. The van der Waals surface area contributed by atoms with E-state index in [2.05, 4.69) is 20.9 Å². The van der Waals surface area contributed by atoms with Crippen LogP contribution in [0, 0.1) is 5.82 Å². The average Bonchev–Trinajstić information content (AvgIpc) is 2.75. The van der Waals surface area contributed by atoms with Crippen molar-refractivity contribution in [2.45, 2.75) is 11.6 Å². The van der Waals surface area contributed by atoms with E-state index in [0.29, 0.717) is 0 Å². The van der Waals surface area contributed by atoms with Crippen LogP contribution in [0.25, 0.3) is 0 Å². The predicted molar refractivity (Wildman–Crippen MR) is 74.9 cm³/mol. The molecule has 0 radical (unpaired) electrons. The fraction of sp³-hybridized carbons (Fsp3) is 0.182. The van der Waals surface area contributed by atoms with Crippen LogP contribution in [0.3, 0.4) is 0 Å². The minimum atomic E-state index is -3.92. The Bertz CT molecular complexity index is 688. The van der Waals surface area contributed by atoms with E-state index in [4.69, 9.17) is 0 Å². The molecule has 0 spiro atoms. The molecule has 2 aromatic rings. The maximum atomic E-state index is 13.5. The molecule has 2 heterocycles. The molecule has 0 saturated heterocycles. The maximum absolute atomic E-state index is 13.5. The van der Waals surface area contributed by atoms with E-state index in [1.807, 2.05) is 11.4 Å². The fourth-order valence-electron chi connectivity index (χ4n) is 1.45. The summed E-state index contributed by atoms with van der Waals surface area (Å²) in [6.45, 7) is 0.175. The van der Waals surface area contributed by atoms with Crippen molar-refractivity contribution in [3.05, 3.63) is 44.9 Å². The Hall–Kier alpha value is -0.830. The molecule has 0 aliphatic heterocycles. The summed E-state index contributed by atoms with van der Waals surface area (Å²) in [5.41, 5.74) is 0. The second-order valence-electron chi connectivity index (χ2n) is 3.78. The molecular formula is C11H10BrFN2O2S2. The summed E-state index contributed by atoms with van der Waals surface area (Å²) in [6.07, 6.45) is 1.26. The molecule has 8 heteroatoms. The number of sulfonamides is 1. The van der Waals surface area contributed by atoms with E-state index in [-0.39, 0.29) is 6.54 Å². The van der Waals surface area contributed by atoms with Crippen LogP contribution in [-0.4, -0.2) is 24.8 Å². The molecule has 0 fully saturated rings. The average molecular weight is 365 g/mol. The molecule has 19 heavy (non-hydrogen) atoms. The third kappa shape index (κ3) is 3.19. The second-order valence-corrected chi connectivity index (χ2v) is 7.65. The van der Waals surface area contributed by atoms with E-state index in [1.165, 1.54) is 30.6 Å². The molecule has 4 nitrogen and oxygen atoms in total. The highest BCUT2D eigenvalue weighted by Gasteiger charge is 2.26. The maximum Gasteiger partial charge on any atom is 0.263 e. The molecule has 0 N–H and O–H groups in total. The van der Waals surface area contributed by atoms with E-state index in [0.717, 1.165) is 19.7 Å². The summed E-state index contributed by atoms with van der Waals surface area (Å²) in [5, 5.41) is 1.31. The lowest BCUT2D eigenvalue weighted by Gasteiger charge is -2.15. The number of pyridine rings is 1. The topological polar surface area (TPSA) is 50.3 Å². The van der Waals surface area contributed by atoms with Crippen LogP contribution in [0.1, 0.15) is 4.88 Å². The van der Waals surface area contributed by atoms with Gasteiger partial charge in [0.25, 0.3) is 10.0 Å². The van der Waals surface area contributed by atoms with Crippen molar-refractivity contribution in [1.82, 2.24) is 9.29 Å². The normalized spacial score (nSPS) is 12.0. The van der Waals surface area contributed by atoms with Crippen molar-refractivity contribution in [3.8, 4) is 0 Å². The highest BCUT2D eigenvalue weighted by Crippen LogP contribution is 2.23. The van der Waals surface area contributed by atoms with Crippen LogP contribution in [0.4, 0.5) is 4.39 Å². The molecule has 0 aliphatic rings. The SMILES string of the molecule is CN(Cc1cc(Br)cs1)S(=O)(=O)c1ncccc1F. The Kier molecular flexibility index (Phi) is 4.34. The van der Waals surface area contributed by atoms with Crippen LogP contribution < -0.4 is 0 Å². The van der Waals surface area contributed by atoms with Gasteiger partial charge in [-0.25, -0.2) is 17.8 Å². The lowest BCUT2D eigenvalue weighted by atomic mass is 10.5. The number of hydrogen-bond acceptors (Lipinski definition) is 4. The number of thiophene rings is 1. The quantitative estimate of drug-likeness (QED) is 0.837. The molecule has 0 bridgehead atoms. The van der Waals surface area contributed by atoms with Gasteiger partial charge in [0.05, 0.1) is 0 Å². The van der Waals surface area contributed by atoms with Gasteiger partial charge in [0.15, 0.2) is 5.82 Å². The van der Waals surface area contributed by atoms with E-state index < -0.39 is 20.9 Å². The molecule has 102 valence electrons. The highest BCUT2D eigenvalue weighted by atomic mass is 79.9. The summed E-state index contributed by atoms with van der Waals surface area (Å²) < 4.78 is 39.8. The lowest BCUT2D eigenvalue weighted by molar-refractivity contribution is 0.457. The van der Waals surface area contributed by atoms with Gasteiger partial charge in [0.2, 0.25) is 5.03 Å². The number of halogens is 2. The summed E-state index contributed by atoms with van der Waals surface area (Å²) >= 11 is 4.73. The summed E-state index contributed by atoms with van der Waals surface area (Å²) in [7, 11) is -2.52. The van der Waals surface area contributed by atoms with Crippen molar-refractivity contribution in [2.24, 2.45) is 0 Å². The van der Waals surface area contributed by atoms with Crippen molar-refractivity contribution in [3.63, 3.8) is 0 Å². The van der Waals surface area contributed by atoms with Crippen LogP contribution in [0.15, 0.2) is 39.3 Å². The van der Waals surface area contributed by atoms with Gasteiger partial charge < -0.3 is 0 Å². The lowest BCUT2D eigenvalue weighted by Crippen LogP contribution is -2.27. The smallest absolute Gasteiger partial charge is 0.241 e. The predicted octanol–water partition coefficient (Wildman–Crippen LogP) is 2.87. The van der Waals surface area contributed by atoms with Crippen molar-refractivity contribution < 1.29 is 12.8 Å². The van der Waals surface area contributed by atoms with E-state index in [9.17, 15) is 12.8 Å². The van der Waals surface area contributed by atoms with E-state index >= 15 is 0 Å². The van der Waals surface area contributed by atoms with Gasteiger partial charge in [-0.1, -0.05) is 0 Å². The summed E-state index contributed by atoms with van der Waals surface area (Å²) in [5.74, 6) is -0.846. The molecule has 0 unspecified atom stereocenters. The Balaban J connectivity index is 2.27. The molecule has 2 rings (SSSR count). The van der Waals surface area contributed by atoms with Crippen LogP contribution >= 0.6 is 27.3 Å². The molecule has 0 amide bonds. The zero-order valence-corrected chi connectivity index (χ0v) is 13.1. The van der Waals surface area contributed by atoms with Gasteiger partial charge in [-0.05, 0) is 34.1 Å². The summed E-state index contributed by atoms with van der Waals surface area (Å²) in [6, 6.07) is 4.26. The van der Waals surface area contributed by atoms with Crippen molar-refractivity contribution >= 4 is 37.3 Å². The van der Waals surface area contributed by atoms with Crippen LogP contribution in [0.2, 0.25) is 0 Å². The Morgan fingerprint density at radius 2 is 2.26 bits per heavy atom. The fourth-order valence-corrected chi connectivity index (χ4v) is 4.15. The third-order valence-electron chi connectivity index (χ3n) is 2.38. The third-order valence-corrected chi connectivity index (χ3v) is 5.80. The number of rotatable bonds is 4.